The lowest BCUT2D eigenvalue weighted by atomic mass is 10.1. The molecule has 18 heavy (non-hydrogen) atoms. The monoisotopic (exact) mass is 254 g/mol. The van der Waals surface area contributed by atoms with E-state index in [1.54, 1.807) is 7.05 Å². The summed E-state index contributed by atoms with van der Waals surface area (Å²) in [5, 5.41) is 0. The molecule has 0 aromatic carbocycles. The highest BCUT2D eigenvalue weighted by Gasteiger charge is 2.19. The molecule has 1 heterocycles. The highest BCUT2D eigenvalue weighted by molar-refractivity contribution is 5.95. The minimum absolute atomic E-state index is 0.0243. The molecule has 0 radical (unpaired) electrons. The first-order chi connectivity index (χ1) is 8.51. The molecule has 1 rings (SSSR count). The van der Waals surface area contributed by atoms with E-state index in [-0.39, 0.29) is 17.3 Å². The Morgan fingerprint density at radius 1 is 1.67 bits per heavy atom. The van der Waals surface area contributed by atoms with Gasteiger partial charge in [-0.3, -0.25) is 4.79 Å². The van der Waals surface area contributed by atoms with Gasteiger partial charge in [0.15, 0.2) is 11.6 Å². The minimum Gasteiger partial charge on any atom is -0.341 e. The Morgan fingerprint density at radius 2 is 2.33 bits per heavy atom. The molecule has 1 atom stereocenters. The zero-order chi connectivity index (χ0) is 13.7. The van der Waals surface area contributed by atoms with Gasteiger partial charge in [0.25, 0.3) is 5.91 Å². The van der Waals surface area contributed by atoms with Crippen LogP contribution in [0.2, 0.25) is 0 Å². The Balaban J connectivity index is 2.90. The first kappa shape index (κ1) is 14.4. The van der Waals surface area contributed by atoms with Crippen LogP contribution in [0.15, 0.2) is 12.3 Å². The Kier molecular flexibility index (Phi) is 5.03. The number of hydrogen-bond donors (Lipinski definition) is 2. The van der Waals surface area contributed by atoms with E-state index < -0.39 is 5.82 Å². The lowest BCUT2D eigenvalue weighted by Gasteiger charge is -2.21. The van der Waals surface area contributed by atoms with Gasteiger partial charge in [-0.1, -0.05) is 20.3 Å². The van der Waals surface area contributed by atoms with Crippen molar-refractivity contribution in [1.82, 2.24) is 9.88 Å². The van der Waals surface area contributed by atoms with Crippen LogP contribution in [0.3, 0.4) is 0 Å². The van der Waals surface area contributed by atoms with E-state index in [1.165, 1.54) is 17.2 Å². The van der Waals surface area contributed by atoms with Crippen LogP contribution in [0.1, 0.15) is 30.6 Å². The van der Waals surface area contributed by atoms with Gasteiger partial charge < -0.3 is 10.3 Å². The van der Waals surface area contributed by atoms with E-state index in [1.807, 2.05) is 13.8 Å². The first-order valence-electron chi connectivity index (χ1n) is 5.87. The molecule has 0 saturated heterocycles. The zero-order valence-electron chi connectivity index (χ0n) is 10.9. The fourth-order valence-corrected chi connectivity index (χ4v) is 1.59. The van der Waals surface area contributed by atoms with Crippen molar-refractivity contribution in [3.05, 3.63) is 23.6 Å². The molecule has 0 aliphatic heterocycles. The smallest absolute Gasteiger partial charge is 0.256 e. The molecule has 1 amide bonds. The molecular weight excluding hydrogens is 235 g/mol. The highest BCUT2D eigenvalue weighted by atomic mass is 19.1. The van der Waals surface area contributed by atoms with Gasteiger partial charge >= 0.3 is 0 Å². The van der Waals surface area contributed by atoms with Crippen LogP contribution in [0.25, 0.3) is 0 Å². The molecule has 0 saturated carbocycles. The van der Waals surface area contributed by atoms with Crippen molar-refractivity contribution >= 4 is 11.7 Å². The summed E-state index contributed by atoms with van der Waals surface area (Å²) < 4.78 is 13.9. The summed E-state index contributed by atoms with van der Waals surface area (Å²) >= 11 is 0. The minimum atomic E-state index is -0.721. The summed E-state index contributed by atoms with van der Waals surface area (Å²) in [5.74, 6) is 4.27. The normalized spacial score (nSPS) is 12.1. The fraction of sp³-hybridized carbons (Fsp3) is 0.500. The number of anilines is 1. The number of rotatable bonds is 5. The van der Waals surface area contributed by atoms with Crippen LogP contribution in [-0.2, 0) is 0 Å². The van der Waals surface area contributed by atoms with Crippen LogP contribution in [-0.4, -0.2) is 29.4 Å². The standard InChI is InChI=1S/C12H19FN4O/c1-4-8(2)7-17(3)12(18)9-5-6-15-11(16-14)10(9)13/h5-6,8H,4,7,14H2,1-3H3,(H,15,16). The van der Waals surface area contributed by atoms with Crippen LogP contribution < -0.4 is 11.3 Å². The van der Waals surface area contributed by atoms with E-state index in [9.17, 15) is 9.18 Å². The van der Waals surface area contributed by atoms with E-state index in [2.05, 4.69) is 10.4 Å². The number of nitrogens with one attached hydrogen (secondary N) is 1. The lowest BCUT2D eigenvalue weighted by molar-refractivity contribution is 0.0770. The summed E-state index contributed by atoms with van der Waals surface area (Å²) in [6.45, 7) is 4.68. The first-order valence-corrected chi connectivity index (χ1v) is 5.87. The quantitative estimate of drug-likeness (QED) is 0.619. The van der Waals surface area contributed by atoms with Crippen LogP contribution in [0.4, 0.5) is 10.2 Å². The number of hydrazine groups is 1. The lowest BCUT2D eigenvalue weighted by Crippen LogP contribution is -2.31. The number of pyridine rings is 1. The van der Waals surface area contributed by atoms with Gasteiger partial charge in [-0.05, 0) is 12.0 Å². The van der Waals surface area contributed by atoms with Gasteiger partial charge in [-0.15, -0.1) is 0 Å². The molecule has 0 aliphatic carbocycles. The molecule has 1 unspecified atom stereocenters. The molecule has 0 fully saturated rings. The second-order valence-corrected chi connectivity index (χ2v) is 4.36. The van der Waals surface area contributed by atoms with E-state index in [0.717, 1.165) is 6.42 Å². The average molecular weight is 254 g/mol. The number of hydrogen-bond acceptors (Lipinski definition) is 4. The number of nitrogen functional groups attached to an aromatic ring is 1. The summed E-state index contributed by atoms with van der Waals surface area (Å²) in [6.07, 6.45) is 2.31. The summed E-state index contributed by atoms with van der Waals surface area (Å²) in [5.41, 5.74) is 2.10. The Bertz CT molecular complexity index is 425. The molecule has 0 bridgehead atoms. The van der Waals surface area contributed by atoms with Crippen molar-refractivity contribution in [3.63, 3.8) is 0 Å². The number of halogens is 1. The van der Waals surface area contributed by atoms with E-state index >= 15 is 0 Å². The molecule has 1 aromatic rings. The van der Waals surface area contributed by atoms with Crippen molar-refractivity contribution in [3.8, 4) is 0 Å². The van der Waals surface area contributed by atoms with E-state index in [0.29, 0.717) is 12.5 Å². The van der Waals surface area contributed by atoms with Gasteiger partial charge in [-0.2, -0.15) is 0 Å². The van der Waals surface area contributed by atoms with Gasteiger partial charge in [0.2, 0.25) is 0 Å². The third-order valence-electron chi connectivity index (χ3n) is 2.89. The van der Waals surface area contributed by atoms with Crippen molar-refractivity contribution < 1.29 is 9.18 Å². The Labute approximate surface area is 106 Å². The molecule has 3 N–H and O–H groups in total. The SMILES string of the molecule is CCC(C)CN(C)C(=O)c1ccnc(NN)c1F. The molecular formula is C12H19FN4O. The van der Waals surface area contributed by atoms with Crippen molar-refractivity contribution in [1.29, 1.82) is 0 Å². The Morgan fingerprint density at radius 3 is 2.89 bits per heavy atom. The second kappa shape index (κ2) is 6.30. The maximum absolute atomic E-state index is 13.9. The maximum Gasteiger partial charge on any atom is 0.256 e. The fourth-order valence-electron chi connectivity index (χ4n) is 1.59. The van der Waals surface area contributed by atoms with E-state index in [4.69, 9.17) is 5.84 Å². The largest absolute Gasteiger partial charge is 0.341 e. The number of carbonyl (C=O) groups excluding carboxylic acids is 1. The molecule has 100 valence electrons. The summed E-state index contributed by atoms with van der Waals surface area (Å²) in [4.78, 5) is 17.3. The molecule has 6 heteroatoms. The third-order valence-corrected chi connectivity index (χ3v) is 2.89. The zero-order valence-corrected chi connectivity index (χ0v) is 10.9. The predicted octanol–water partition coefficient (Wildman–Crippen LogP) is 1.62. The molecule has 5 nitrogen and oxygen atoms in total. The summed E-state index contributed by atoms with van der Waals surface area (Å²) in [6, 6.07) is 1.35. The second-order valence-electron chi connectivity index (χ2n) is 4.36. The van der Waals surface area contributed by atoms with Crippen LogP contribution in [0, 0.1) is 11.7 Å². The summed E-state index contributed by atoms with van der Waals surface area (Å²) in [7, 11) is 1.66. The topological polar surface area (TPSA) is 71.2 Å². The van der Waals surface area contributed by atoms with Crippen molar-refractivity contribution in [2.24, 2.45) is 11.8 Å². The molecule has 0 aliphatic rings. The third kappa shape index (κ3) is 3.16. The van der Waals surface area contributed by atoms with Crippen LogP contribution in [0.5, 0.6) is 0 Å². The number of amides is 1. The number of nitrogens with two attached hydrogens (primary N) is 1. The Hall–Kier alpha value is -1.69. The van der Waals surface area contributed by atoms with Gasteiger partial charge in [0.05, 0.1) is 5.56 Å². The maximum atomic E-state index is 13.9. The number of nitrogens with zero attached hydrogens (tertiary/aromatic N) is 2. The highest BCUT2D eigenvalue weighted by Crippen LogP contribution is 2.16. The van der Waals surface area contributed by atoms with Gasteiger partial charge in [0.1, 0.15) is 0 Å². The van der Waals surface area contributed by atoms with Crippen molar-refractivity contribution in [2.45, 2.75) is 20.3 Å². The van der Waals surface area contributed by atoms with Crippen molar-refractivity contribution in [2.75, 3.05) is 19.0 Å². The van der Waals surface area contributed by atoms with Crippen LogP contribution >= 0.6 is 0 Å². The molecule has 1 aromatic heterocycles. The van der Waals surface area contributed by atoms with Gasteiger partial charge in [0, 0.05) is 19.8 Å². The van der Waals surface area contributed by atoms with Gasteiger partial charge in [-0.25, -0.2) is 15.2 Å². The average Bonchev–Trinajstić information content (AvgIpc) is 2.38. The molecule has 0 spiro atoms. The number of carbonyl (C=O) groups is 1. The predicted molar refractivity (Wildman–Crippen MR) is 68.4 cm³/mol. The number of aromatic nitrogens is 1.